The summed E-state index contributed by atoms with van der Waals surface area (Å²) in [4.78, 5) is 5.48. The minimum absolute atomic E-state index is 0.411. The van der Waals surface area contributed by atoms with Crippen molar-refractivity contribution in [3.63, 3.8) is 0 Å². The van der Waals surface area contributed by atoms with Gasteiger partial charge in [0.25, 0.3) is 10.0 Å². The van der Waals surface area contributed by atoms with Gasteiger partial charge in [-0.25, -0.2) is 8.42 Å². The highest BCUT2D eigenvalue weighted by atomic mass is 32.2. The van der Waals surface area contributed by atoms with Gasteiger partial charge in [-0.3, -0.25) is 4.99 Å². The minimum Gasteiger partial charge on any atom is -0.380 e. The Labute approximate surface area is 161 Å². The molecular formula is C17H32N4O3S2. The molecule has 1 heterocycles. The second-order valence-electron chi connectivity index (χ2n) is 5.44. The number of nitrogens with one attached hydrogen (secondary N) is 2. The summed E-state index contributed by atoms with van der Waals surface area (Å²) >= 11 is 1.34. The normalized spacial score (nSPS) is 12.6. The highest BCUT2D eigenvalue weighted by Crippen LogP contribution is 2.25. The quantitative estimate of drug-likeness (QED) is 0.316. The Kier molecular flexibility index (Phi) is 10.8. The summed E-state index contributed by atoms with van der Waals surface area (Å²) < 4.78 is 32.2. The number of guanidine groups is 1. The van der Waals surface area contributed by atoms with Gasteiger partial charge in [0.15, 0.2) is 5.96 Å². The molecule has 1 rings (SSSR count). The molecule has 26 heavy (non-hydrogen) atoms. The SMILES string of the molecule is CCNC(=NCCOCC)NCCc1ccc(S(=O)(=O)N(CC)CC)s1. The maximum absolute atomic E-state index is 12.5. The first-order chi connectivity index (χ1) is 12.5. The fourth-order valence-electron chi connectivity index (χ4n) is 2.33. The molecule has 0 radical (unpaired) electrons. The van der Waals surface area contributed by atoms with E-state index in [0.29, 0.717) is 43.6 Å². The molecule has 7 nitrogen and oxygen atoms in total. The molecule has 0 fully saturated rings. The first-order valence-corrected chi connectivity index (χ1v) is 11.4. The molecule has 0 aliphatic heterocycles. The van der Waals surface area contributed by atoms with Crippen molar-refractivity contribution in [3.8, 4) is 0 Å². The molecule has 1 aromatic rings. The molecular weight excluding hydrogens is 372 g/mol. The van der Waals surface area contributed by atoms with E-state index in [4.69, 9.17) is 4.74 Å². The number of aliphatic imine (C=N–C) groups is 1. The number of ether oxygens (including phenoxy) is 1. The van der Waals surface area contributed by atoms with Gasteiger partial charge >= 0.3 is 0 Å². The second kappa shape index (κ2) is 12.3. The van der Waals surface area contributed by atoms with Crippen molar-refractivity contribution >= 4 is 27.3 Å². The van der Waals surface area contributed by atoms with Crippen molar-refractivity contribution in [2.75, 3.05) is 45.9 Å². The Morgan fingerprint density at radius 3 is 2.54 bits per heavy atom. The zero-order valence-corrected chi connectivity index (χ0v) is 17.9. The number of hydrogen-bond acceptors (Lipinski definition) is 5. The highest BCUT2D eigenvalue weighted by molar-refractivity contribution is 7.91. The maximum Gasteiger partial charge on any atom is 0.252 e. The third-order valence-corrected chi connectivity index (χ3v) is 7.32. The van der Waals surface area contributed by atoms with E-state index in [1.54, 1.807) is 6.07 Å². The molecule has 0 atom stereocenters. The van der Waals surface area contributed by atoms with Crippen LogP contribution in [0.2, 0.25) is 0 Å². The van der Waals surface area contributed by atoms with Gasteiger partial charge in [0.2, 0.25) is 0 Å². The molecule has 0 spiro atoms. The van der Waals surface area contributed by atoms with Crippen LogP contribution in [0.15, 0.2) is 21.3 Å². The van der Waals surface area contributed by atoms with E-state index in [2.05, 4.69) is 15.6 Å². The zero-order valence-electron chi connectivity index (χ0n) is 16.2. The van der Waals surface area contributed by atoms with Crippen molar-refractivity contribution < 1.29 is 13.2 Å². The molecule has 0 bridgehead atoms. The molecule has 2 N–H and O–H groups in total. The van der Waals surface area contributed by atoms with Gasteiger partial charge in [-0.05, 0) is 32.4 Å². The average Bonchev–Trinajstić information content (AvgIpc) is 3.09. The molecule has 0 saturated heterocycles. The van der Waals surface area contributed by atoms with Crippen molar-refractivity contribution in [2.24, 2.45) is 4.99 Å². The molecule has 0 saturated carbocycles. The lowest BCUT2D eigenvalue weighted by atomic mass is 10.3. The molecule has 0 aliphatic rings. The van der Waals surface area contributed by atoms with E-state index in [1.807, 2.05) is 33.8 Å². The first kappa shape index (κ1) is 22.9. The molecule has 0 aromatic carbocycles. The van der Waals surface area contributed by atoms with Crippen molar-refractivity contribution in [1.82, 2.24) is 14.9 Å². The molecule has 0 unspecified atom stereocenters. The second-order valence-corrected chi connectivity index (χ2v) is 8.78. The molecule has 150 valence electrons. The standard InChI is InChI=1S/C17H32N4O3S2/c1-5-18-17(20-13-14-24-8-4)19-12-11-15-9-10-16(25-15)26(22,23)21(6-2)7-3/h9-10H,5-8,11-14H2,1-4H3,(H2,18,19,20). The minimum atomic E-state index is -3.37. The van der Waals surface area contributed by atoms with Gasteiger partial charge < -0.3 is 15.4 Å². The lowest BCUT2D eigenvalue weighted by Crippen LogP contribution is -2.38. The highest BCUT2D eigenvalue weighted by Gasteiger charge is 2.23. The third-order valence-electron chi connectivity index (χ3n) is 3.65. The topological polar surface area (TPSA) is 83.0 Å². The van der Waals surface area contributed by atoms with Crippen LogP contribution in [0.25, 0.3) is 0 Å². The summed E-state index contributed by atoms with van der Waals surface area (Å²) in [5.41, 5.74) is 0. The van der Waals surface area contributed by atoms with Crippen LogP contribution in [-0.4, -0.2) is 64.6 Å². The Balaban J connectivity index is 2.58. The van der Waals surface area contributed by atoms with Gasteiger partial charge in [0.05, 0.1) is 13.2 Å². The number of thiophene rings is 1. The van der Waals surface area contributed by atoms with E-state index in [-0.39, 0.29) is 0 Å². The van der Waals surface area contributed by atoms with E-state index >= 15 is 0 Å². The molecule has 0 amide bonds. The largest absolute Gasteiger partial charge is 0.380 e. The third kappa shape index (κ3) is 7.22. The van der Waals surface area contributed by atoms with Gasteiger partial charge in [0.1, 0.15) is 4.21 Å². The molecule has 1 aromatic heterocycles. The van der Waals surface area contributed by atoms with Crippen molar-refractivity contribution in [1.29, 1.82) is 0 Å². The number of rotatable bonds is 12. The average molecular weight is 405 g/mol. The van der Waals surface area contributed by atoms with Crippen LogP contribution in [0.4, 0.5) is 0 Å². The van der Waals surface area contributed by atoms with Crippen molar-refractivity contribution in [3.05, 3.63) is 17.0 Å². The van der Waals surface area contributed by atoms with E-state index in [0.717, 1.165) is 23.8 Å². The fourth-order valence-corrected chi connectivity index (χ4v) is 5.30. The monoisotopic (exact) mass is 404 g/mol. The zero-order chi connectivity index (χ0) is 19.4. The van der Waals surface area contributed by atoms with Crippen LogP contribution in [0.5, 0.6) is 0 Å². The maximum atomic E-state index is 12.5. The molecule has 0 aliphatic carbocycles. The summed E-state index contributed by atoms with van der Waals surface area (Å²) in [6, 6.07) is 3.59. The number of sulfonamides is 1. The predicted octanol–water partition coefficient (Wildman–Crippen LogP) is 1.91. The Morgan fingerprint density at radius 2 is 1.92 bits per heavy atom. The Bertz CT molecular complexity index is 640. The Hall–Kier alpha value is -1.16. The van der Waals surface area contributed by atoms with Crippen LogP contribution in [0.1, 0.15) is 32.6 Å². The van der Waals surface area contributed by atoms with E-state index in [9.17, 15) is 8.42 Å². The van der Waals surface area contributed by atoms with Crippen LogP contribution >= 0.6 is 11.3 Å². The smallest absolute Gasteiger partial charge is 0.252 e. The fraction of sp³-hybridized carbons (Fsp3) is 0.706. The first-order valence-electron chi connectivity index (χ1n) is 9.18. The van der Waals surface area contributed by atoms with E-state index in [1.165, 1.54) is 15.6 Å². The van der Waals surface area contributed by atoms with Crippen LogP contribution in [0.3, 0.4) is 0 Å². The van der Waals surface area contributed by atoms with Crippen molar-refractivity contribution in [2.45, 2.75) is 38.3 Å². The lowest BCUT2D eigenvalue weighted by molar-refractivity contribution is 0.155. The predicted molar refractivity (Wildman–Crippen MR) is 109 cm³/mol. The van der Waals surface area contributed by atoms with Gasteiger partial charge in [0, 0.05) is 37.7 Å². The summed E-state index contributed by atoms with van der Waals surface area (Å²) in [5.74, 6) is 0.750. The summed E-state index contributed by atoms with van der Waals surface area (Å²) in [5, 5.41) is 6.46. The van der Waals surface area contributed by atoms with E-state index < -0.39 is 10.0 Å². The number of hydrogen-bond donors (Lipinski definition) is 2. The van der Waals surface area contributed by atoms with Crippen LogP contribution in [0, 0.1) is 0 Å². The summed E-state index contributed by atoms with van der Waals surface area (Å²) in [7, 11) is -3.37. The number of nitrogens with zero attached hydrogens (tertiary/aromatic N) is 2. The van der Waals surface area contributed by atoms with Gasteiger partial charge in [-0.15, -0.1) is 11.3 Å². The Morgan fingerprint density at radius 1 is 1.19 bits per heavy atom. The van der Waals surface area contributed by atoms with Gasteiger partial charge in [-0.1, -0.05) is 13.8 Å². The summed E-state index contributed by atoms with van der Waals surface area (Å²) in [6.07, 6.45) is 0.744. The summed E-state index contributed by atoms with van der Waals surface area (Å²) in [6.45, 7) is 12.0. The van der Waals surface area contributed by atoms with Crippen LogP contribution in [-0.2, 0) is 21.2 Å². The lowest BCUT2D eigenvalue weighted by Gasteiger charge is -2.16. The van der Waals surface area contributed by atoms with Gasteiger partial charge in [-0.2, -0.15) is 4.31 Å². The molecule has 9 heteroatoms. The van der Waals surface area contributed by atoms with Crippen LogP contribution < -0.4 is 10.6 Å².